The van der Waals surface area contributed by atoms with Crippen LogP contribution in [0.4, 0.5) is 13.2 Å². The molecule has 1 heterocycles. The van der Waals surface area contributed by atoms with Crippen LogP contribution in [0.3, 0.4) is 0 Å². The summed E-state index contributed by atoms with van der Waals surface area (Å²) in [6.45, 7) is 6.08. The summed E-state index contributed by atoms with van der Waals surface area (Å²) >= 11 is 1.36. The van der Waals surface area contributed by atoms with E-state index in [1.54, 1.807) is 6.07 Å². The lowest BCUT2D eigenvalue weighted by Gasteiger charge is -2.16. The summed E-state index contributed by atoms with van der Waals surface area (Å²) in [6, 6.07) is 2.61. The third-order valence-corrected chi connectivity index (χ3v) is 3.83. The third-order valence-electron chi connectivity index (χ3n) is 2.18. The second-order valence-corrected chi connectivity index (χ2v) is 5.99. The summed E-state index contributed by atoms with van der Waals surface area (Å²) in [5.41, 5.74) is 5.49. The van der Waals surface area contributed by atoms with Crippen molar-refractivity contribution in [2.45, 2.75) is 44.8 Å². The first kappa shape index (κ1) is 13.5. The zero-order valence-corrected chi connectivity index (χ0v) is 10.4. The smallest absolute Gasteiger partial charge is 0.323 e. The minimum absolute atomic E-state index is 0.0408. The van der Waals surface area contributed by atoms with Crippen LogP contribution in [0.2, 0.25) is 0 Å². The van der Waals surface area contributed by atoms with Gasteiger partial charge in [0.25, 0.3) is 0 Å². The fraction of sp³-hybridized carbons (Fsp3) is 0.636. The van der Waals surface area contributed by atoms with Crippen molar-refractivity contribution in [1.82, 2.24) is 0 Å². The fourth-order valence-corrected chi connectivity index (χ4v) is 2.37. The number of nitrogens with two attached hydrogens (primary N) is 1. The van der Waals surface area contributed by atoms with Gasteiger partial charge < -0.3 is 5.73 Å². The Morgan fingerprint density at radius 1 is 1.25 bits per heavy atom. The highest BCUT2D eigenvalue weighted by Gasteiger charge is 2.31. The Labute approximate surface area is 97.5 Å². The van der Waals surface area contributed by atoms with Crippen LogP contribution in [0.25, 0.3) is 0 Å². The first-order chi connectivity index (χ1) is 7.09. The van der Waals surface area contributed by atoms with Crippen LogP contribution in [0.1, 0.15) is 43.0 Å². The highest BCUT2D eigenvalue weighted by Crippen LogP contribution is 2.35. The lowest BCUT2D eigenvalue weighted by Crippen LogP contribution is -2.19. The Bertz CT molecular complexity index is 349. The van der Waals surface area contributed by atoms with E-state index in [-0.39, 0.29) is 5.41 Å². The van der Waals surface area contributed by atoms with Gasteiger partial charge in [-0.25, -0.2) is 0 Å². The standard InChI is InChI=1S/C11H16F3NS/c1-10(2,3)9-5-4-8(16-9)7(15)6-11(12,13)14/h4-5,7H,6,15H2,1-3H3/t7-/m0/s1. The average Bonchev–Trinajstić information content (AvgIpc) is 2.46. The molecule has 16 heavy (non-hydrogen) atoms. The van der Waals surface area contributed by atoms with E-state index in [0.717, 1.165) is 4.88 Å². The zero-order chi connectivity index (χ0) is 12.6. The van der Waals surface area contributed by atoms with Crippen molar-refractivity contribution in [3.8, 4) is 0 Å². The molecule has 2 N–H and O–H groups in total. The van der Waals surface area contributed by atoms with E-state index in [9.17, 15) is 13.2 Å². The van der Waals surface area contributed by atoms with Gasteiger partial charge in [0, 0.05) is 15.8 Å². The van der Waals surface area contributed by atoms with Crippen molar-refractivity contribution >= 4 is 11.3 Å². The molecule has 0 amide bonds. The summed E-state index contributed by atoms with van der Waals surface area (Å²) in [4.78, 5) is 1.65. The number of hydrogen-bond donors (Lipinski definition) is 1. The predicted octanol–water partition coefficient (Wildman–Crippen LogP) is 4.00. The molecule has 0 saturated carbocycles. The molecule has 1 nitrogen and oxygen atoms in total. The molecule has 0 aromatic carbocycles. The van der Waals surface area contributed by atoms with Crippen LogP contribution in [-0.2, 0) is 5.41 Å². The van der Waals surface area contributed by atoms with Crippen molar-refractivity contribution in [3.05, 3.63) is 21.9 Å². The van der Waals surface area contributed by atoms with Crippen molar-refractivity contribution in [3.63, 3.8) is 0 Å². The molecule has 0 aliphatic rings. The monoisotopic (exact) mass is 251 g/mol. The van der Waals surface area contributed by atoms with Gasteiger partial charge >= 0.3 is 6.18 Å². The van der Waals surface area contributed by atoms with Gasteiger partial charge in [0.15, 0.2) is 0 Å². The van der Waals surface area contributed by atoms with E-state index >= 15 is 0 Å². The van der Waals surface area contributed by atoms with E-state index < -0.39 is 18.6 Å². The maximum absolute atomic E-state index is 12.2. The maximum Gasteiger partial charge on any atom is 0.390 e. The van der Waals surface area contributed by atoms with Gasteiger partial charge in [0.2, 0.25) is 0 Å². The topological polar surface area (TPSA) is 26.0 Å². The number of hydrogen-bond acceptors (Lipinski definition) is 2. The minimum Gasteiger partial charge on any atom is -0.323 e. The molecular formula is C11H16F3NS. The van der Waals surface area contributed by atoms with Crippen molar-refractivity contribution in [1.29, 1.82) is 0 Å². The molecule has 0 radical (unpaired) electrons. The molecule has 5 heteroatoms. The largest absolute Gasteiger partial charge is 0.390 e. The van der Waals surface area contributed by atoms with Crippen LogP contribution < -0.4 is 5.73 Å². The lowest BCUT2D eigenvalue weighted by molar-refractivity contribution is -0.138. The second kappa shape index (κ2) is 4.37. The molecule has 0 spiro atoms. The Hall–Kier alpha value is -0.550. The van der Waals surface area contributed by atoms with E-state index in [0.29, 0.717) is 4.88 Å². The Morgan fingerprint density at radius 2 is 1.81 bits per heavy atom. The predicted molar refractivity (Wildman–Crippen MR) is 60.6 cm³/mol. The second-order valence-electron chi connectivity index (χ2n) is 4.88. The van der Waals surface area contributed by atoms with Crippen molar-refractivity contribution in [2.75, 3.05) is 0 Å². The highest BCUT2D eigenvalue weighted by molar-refractivity contribution is 7.12. The molecule has 92 valence electrons. The van der Waals surface area contributed by atoms with Crippen LogP contribution >= 0.6 is 11.3 Å². The zero-order valence-electron chi connectivity index (χ0n) is 9.56. The summed E-state index contributed by atoms with van der Waals surface area (Å²) in [5, 5.41) is 0. The Kier molecular flexibility index (Phi) is 3.69. The quantitative estimate of drug-likeness (QED) is 0.844. The lowest BCUT2D eigenvalue weighted by atomic mass is 9.95. The molecular weight excluding hydrogens is 235 g/mol. The van der Waals surface area contributed by atoms with Gasteiger partial charge in [-0.3, -0.25) is 0 Å². The normalized spacial score (nSPS) is 15.2. The maximum atomic E-state index is 12.2. The summed E-state index contributed by atoms with van der Waals surface area (Å²) < 4.78 is 36.5. The van der Waals surface area contributed by atoms with Crippen LogP contribution in [0.5, 0.6) is 0 Å². The van der Waals surface area contributed by atoms with Gasteiger partial charge in [-0.05, 0) is 17.5 Å². The van der Waals surface area contributed by atoms with Crippen LogP contribution in [-0.4, -0.2) is 6.18 Å². The summed E-state index contributed by atoms with van der Waals surface area (Å²) in [6.07, 6.45) is -5.16. The molecule has 1 rings (SSSR count). The van der Waals surface area contributed by atoms with Gasteiger partial charge in [-0.2, -0.15) is 13.2 Å². The molecule has 1 aromatic heterocycles. The first-order valence-corrected chi connectivity index (χ1v) is 5.84. The molecule has 0 aliphatic carbocycles. The minimum atomic E-state index is -4.20. The van der Waals surface area contributed by atoms with E-state index in [4.69, 9.17) is 5.73 Å². The average molecular weight is 251 g/mol. The molecule has 0 fully saturated rings. The van der Waals surface area contributed by atoms with Crippen LogP contribution in [0.15, 0.2) is 12.1 Å². The number of thiophene rings is 1. The molecule has 1 aromatic rings. The van der Waals surface area contributed by atoms with E-state index in [1.807, 2.05) is 26.8 Å². The molecule has 0 bridgehead atoms. The SMILES string of the molecule is CC(C)(C)c1ccc([C@@H](N)CC(F)(F)F)s1. The van der Waals surface area contributed by atoms with Gasteiger partial charge in [-0.1, -0.05) is 20.8 Å². The van der Waals surface area contributed by atoms with Crippen molar-refractivity contribution < 1.29 is 13.2 Å². The van der Waals surface area contributed by atoms with E-state index in [1.165, 1.54) is 11.3 Å². The molecule has 1 atom stereocenters. The fourth-order valence-electron chi connectivity index (χ4n) is 1.31. The van der Waals surface area contributed by atoms with Gasteiger partial charge in [0.05, 0.1) is 6.42 Å². The number of alkyl halides is 3. The highest BCUT2D eigenvalue weighted by atomic mass is 32.1. The Balaban J connectivity index is 2.79. The number of rotatable bonds is 2. The molecule has 0 aliphatic heterocycles. The Morgan fingerprint density at radius 3 is 2.19 bits per heavy atom. The van der Waals surface area contributed by atoms with Crippen LogP contribution in [0, 0.1) is 0 Å². The molecule has 0 saturated heterocycles. The first-order valence-electron chi connectivity index (χ1n) is 5.02. The van der Waals surface area contributed by atoms with Gasteiger partial charge in [0.1, 0.15) is 0 Å². The van der Waals surface area contributed by atoms with Gasteiger partial charge in [-0.15, -0.1) is 11.3 Å². The summed E-state index contributed by atoms with van der Waals surface area (Å²) in [7, 11) is 0. The molecule has 0 unspecified atom stereocenters. The third kappa shape index (κ3) is 3.79. The van der Waals surface area contributed by atoms with E-state index in [2.05, 4.69) is 0 Å². The van der Waals surface area contributed by atoms with Crippen molar-refractivity contribution in [2.24, 2.45) is 5.73 Å². The summed E-state index contributed by atoms with van der Waals surface area (Å²) in [5.74, 6) is 0. The number of halogens is 3.